The van der Waals surface area contributed by atoms with Crippen LogP contribution in [0.3, 0.4) is 0 Å². The van der Waals surface area contributed by atoms with Crippen LogP contribution in [0.4, 0.5) is 5.69 Å². The van der Waals surface area contributed by atoms with Crippen molar-refractivity contribution in [3.05, 3.63) is 22.1 Å². The molecule has 5 nitrogen and oxygen atoms in total. The molecule has 0 fully saturated rings. The Balaban J connectivity index is 2.06. The molecular formula is C21H41N3O2Si2. The lowest BCUT2D eigenvalue weighted by atomic mass is 10.1. The van der Waals surface area contributed by atoms with Crippen LogP contribution in [0.2, 0.25) is 49.9 Å². The summed E-state index contributed by atoms with van der Waals surface area (Å²) in [4.78, 5) is 15.3. The molecule has 0 saturated carbocycles. The Morgan fingerprint density at radius 3 is 2.43 bits per heavy atom. The third-order valence-corrected chi connectivity index (χ3v) is 13.8. The van der Waals surface area contributed by atoms with Gasteiger partial charge in [0.05, 0.1) is 20.0 Å². The van der Waals surface area contributed by atoms with E-state index in [2.05, 4.69) is 63.5 Å². The maximum absolute atomic E-state index is 12.9. The lowest BCUT2D eigenvalue weighted by Crippen LogP contribution is -2.43. The van der Waals surface area contributed by atoms with Crippen LogP contribution in [0.15, 0.2) is 11.0 Å². The summed E-state index contributed by atoms with van der Waals surface area (Å²) in [5.74, 6) is 0. The number of nitrogens with zero attached hydrogens (tertiary/aromatic N) is 3. The molecule has 0 radical (unpaired) electrons. The number of rotatable bonds is 8. The average Bonchev–Trinajstić information content (AvgIpc) is 2.57. The number of fused-ring (bicyclic) bond motifs is 1. The molecule has 28 heavy (non-hydrogen) atoms. The number of hydrogen-bond donors (Lipinski definition) is 0. The summed E-state index contributed by atoms with van der Waals surface area (Å²) < 4.78 is 7.25. The van der Waals surface area contributed by atoms with Crippen molar-refractivity contribution in [1.82, 2.24) is 9.78 Å². The molecule has 0 aliphatic carbocycles. The molecule has 1 aliphatic heterocycles. The predicted octanol–water partition coefficient (Wildman–Crippen LogP) is 4.82. The van der Waals surface area contributed by atoms with Gasteiger partial charge in [-0.05, 0) is 30.0 Å². The largest absolute Gasteiger partial charge is 0.370 e. The third-order valence-electron chi connectivity index (χ3n) is 6.56. The summed E-state index contributed by atoms with van der Waals surface area (Å²) in [6, 6.07) is 2.34. The van der Waals surface area contributed by atoms with Crippen LogP contribution in [-0.2, 0) is 17.9 Å². The fourth-order valence-corrected chi connectivity index (χ4v) is 5.57. The van der Waals surface area contributed by atoms with Crippen molar-refractivity contribution in [1.29, 1.82) is 0 Å². The normalized spacial score (nSPS) is 15.6. The van der Waals surface area contributed by atoms with Gasteiger partial charge in [-0.2, -0.15) is 5.10 Å². The monoisotopic (exact) mass is 423 g/mol. The molecule has 2 rings (SSSR count). The van der Waals surface area contributed by atoms with Crippen molar-refractivity contribution in [2.45, 2.75) is 90.2 Å². The Labute approximate surface area is 173 Å². The van der Waals surface area contributed by atoms with E-state index in [-0.39, 0.29) is 12.3 Å². The van der Waals surface area contributed by atoms with Crippen molar-refractivity contribution in [3.8, 4) is 0 Å². The molecule has 0 bridgehead atoms. The van der Waals surface area contributed by atoms with Crippen molar-refractivity contribution in [2.24, 2.45) is 0 Å². The van der Waals surface area contributed by atoms with Crippen LogP contribution in [0.5, 0.6) is 0 Å². The van der Waals surface area contributed by atoms with Crippen molar-refractivity contribution in [2.75, 3.05) is 24.6 Å². The first-order valence-electron chi connectivity index (χ1n) is 10.7. The summed E-state index contributed by atoms with van der Waals surface area (Å²) in [6.07, 6.45) is 3.78. The minimum absolute atomic E-state index is 0.0301. The fourth-order valence-electron chi connectivity index (χ4n) is 3.24. The molecule has 1 aliphatic rings. The molecule has 2 heterocycles. The van der Waals surface area contributed by atoms with Crippen LogP contribution < -0.4 is 10.5 Å². The van der Waals surface area contributed by atoms with Crippen molar-refractivity contribution < 1.29 is 4.74 Å². The number of aromatic nitrogens is 2. The topological polar surface area (TPSA) is 47.4 Å². The van der Waals surface area contributed by atoms with Gasteiger partial charge in [0, 0.05) is 33.3 Å². The average molecular weight is 424 g/mol. The van der Waals surface area contributed by atoms with Crippen LogP contribution >= 0.6 is 0 Å². The highest BCUT2D eigenvalue weighted by Gasteiger charge is 2.35. The standard InChI is InChI=1S/C21H41N3O2Si2/c1-21(2,3)28(7,8)14-12-23-11-9-10-18-19(23)16-22-24(20(18)25)17-26-13-15-27(4,5)6/h16H,9-15,17H2,1-8H3. The van der Waals surface area contributed by atoms with Gasteiger partial charge in [-0.25, -0.2) is 4.68 Å². The Hall–Kier alpha value is -0.926. The van der Waals surface area contributed by atoms with Crippen molar-refractivity contribution >= 4 is 21.8 Å². The van der Waals surface area contributed by atoms with Gasteiger partial charge in [0.2, 0.25) is 0 Å². The van der Waals surface area contributed by atoms with Crippen LogP contribution in [0, 0.1) is 0 Å². The third kappa shape index (κ3) is 6.03. The molecule has 0 spiro atoms. The molecule has 0 atom stereocenters. The minimum atomic E-state index is -1.33. The first-order chi connectivity index (χ1) is 12.8. The zero-order valence-electron chi connectivity index (χ0n) is 19.4. The van der Waals surface area contributed by atoms with E-state index < -0.39 is 16.1 Å². The van der Waals surface area contributed by atoms with E-state index in [1.165, 1.54) is 10.7 Å². The second-order valence-corrected chi connectivity index (χ2v) is 22.5. The van der Waals surface area contributed by atoms with E-state index in [0.29, 0.717) is 11.6 Å². The molecule has 0 unspecified atom stereocenters. The zero-order valence-corrected chi connectivity index (χ0v) is 21.4. The Kier molecular flexibility index (Phi) is 7.37. The van der Waals surface area contributed by atoms with E-state index in [4.69, 9.17) is 4.74 Å². The highest BCUT2D eigenvalue weighted by molar-refractivity contribution is 6.80. The van der Waals surface area contributed by atoms with Crippen molar-refractivity contribution in [3.63, 3.8) is 0 Å². The van der Waals surface area contributed by atoms with E-state index >= 15 is 0 Å². The van der Waals surface area contributed by atoms with Gasteiger partial charge in [0.15, 0.2) is 0 Å². The van der Waals surface area contributed by atoms with Gasteiger partial charge in [-0.15, -0.1) is 0 Å². The van der Waals surface area contributed by atoms with Crippen LogP contribution in [0.25, 0.3) is 0 Å². The Bertz CT molecular complexity index is 718. The Morgan fingerprint density at radius 1 is 1.14 bits per heavy atom. The SMILES string of the molecule is CC(C)(C)[Si](C)(C)CCN1CCCc2c1cnn(COCC[Si](C)(C)C)c2=O. The van der Waals surface area contributed by atoms with Gasteiger partial charge < -0.3 is 9.64 Å². The molecule has 1 aromatic rings. The second kappa shape index (κ2) is 8.84. The highest BCUT2D eigenvalue weighted by Crippen LogP contribution is 2.39. The lowest BCUT2D eigenvalue weighted by Gasteiger charge is -2.40. The van der Waals surface area contributed by atoms with Gasteiger partial charge >= 0.3 is 0 Å². The summed E-state index contributed by atoms with van der Waals surface area (Å²) >= 11 is 0. The van der Waals surface area contributed by atoms with E-state index in [9.17, 15) is 4.79 Å². The molecule has 160 valence electrons. The first-order valence-corrected chi connectivity index (χ1v) is 17.6. The van der Waals surface area contributed by atoms with Gasteiger partial charge in [0.1, 0.15) is 6.73 Å². The molecule has 7 heteroatoms. The van der Waals surface area contributed by atoms with Gasteiger partial charge in [-0.3, -0.25) is 4.79 Å². The predicted molar refractivity (Wildman–Crippen MR) is 125 cm³/mol. The maximum Gasteiger partial charge on any atom is 0.274 e. The lowest BCUT2D eigenvalue weighted by molar-refractivity contribution is 0.0747. The van der Waals surface area contributed by atoms with Gasteiger partial charge in [0.25, 0.3) is 5.56 Å². The molecule has 0 amide bonds. The van der Waals surface area contributed by atoms with E-state index in [0.717, 1.165) is 43.2 Å². The van der Waals surface area contributed by atoms with Crippen LogP contribution in [0.1, 0.15) is 32.8 Å². The number of hydrogen-bond acceptors (Lipinski definition) is 4. The zero-order chi connectivity index (χ0) is 21.2. The maximum atomic E-state index is 12.9. The summed E-state index contributed by atoms with van der Waals surface area (Å²) in [5, 5.41) is 4.82. The second-order valence-electron chi connectivity index (χ2n) is 11.1. The molecule has 0 N–H and O–H groups in total. The highest BCUT2D eigenvalue weighted by atomic mass is 28.3. The smallest absolute Gasteiger partial charge is 0.274 e. The first kappa shape index (κ1) is 23.4. The summed E-state index contributed by atoms with van der Waals surface area (Å²) in [5.41, 5.74) is 2.00. The molecule has 1 aromatic heterocycles. The fraction of sp³-hybridized carbons (Fsp3) is 0.810. The summed E-state index contributed by atoms with van der Waals surface area (Å²) in [6.45, 7) is 22.1. The molecule has 0 saturated heterocycles. The summed E-state index contributed by atoms with van der Waals surface area (Å²) in [7, 11) is -2.45. The van der Waals surface area contributed by atoms with Gasteiger partial charge in [-0.1, -0.05) is 53.5 Å². The quantitative estimate of drug-likeness (QED) is 0.444. The van der Waals surface area contributed by atoms with E-state index in [1.54, 1.807) is 0 Å². The van der Waals surface area contributed by atoms with Crippen LogP contribution in [-0.4, -0.2) is 45.6 Å². The molecule has 0 aromatic carbocycles. The Morgan fingerprint density at radius 2 is 1.82 bits per heavy atom. The number of anilines is 1. The van der Waals surface area contributed by atoms with E-state index in [1.807, 2.05) is 6.20 Å². The minimum Gasteiger partial charge on any atom is -0.370 e. The molecular weight excluding hydrogens is 382 g/mol. The number of ether oxygens (including phenoxy) is 1.